The van der Waals surface area contributed by atoms with Gasteiger partial charge in [0, 0.05) is 19.0 Å². The zero-order valence-electron chi connectivity index (χ0n) is 13.4. The molecule has 1 amide bonds. The van der Waals surface area contributed by atoms with Gasteiger partial charge in [0.1, 0.15) is 6.61 Å². The molecule has 1 unspecified atom stereocenters. The van der Waals surface area contributed by atoms with Crippen molar-refractivity contribution in [1.29, 1.82) is 5.41 Å². The zero-order chi connectivity index (χ0) is 17.6. The highest BCUT2D eigenvalue weighted by molar-refractivity contribution is 7.85. The summed E-state index contributed by atoms with van der Waals surface area (Å²) in [6.07, 6.45) is 1.00. The van der Waals surface area contributed by atoms with Crippen molar-refractivity contribution in [3.8, 4) is 0 Å². The predicted octanol–water partition coefficient (Wildman–Crippen LogP) is 1.15. The first-order chi connectivity index (χ1) is 11.3. The second kappa shape index (κ2) is 8.11. The van der Waals surface area contributed by atoms with E-state index in [1.165, 1.54) is 0 Å². The van der Waals surface area contributed by atoms with E-state index in [2.05, 4.69) is 5.32 Å². The molecule has 0 spiro atoms. The minimum Gasteiger partial charge on any atom is -0.444 e. The molecule has 2 rings (SSSR count). The summed E-state index contributed by atoms with van der Waals surface area (Å²) < 4.78 is 31.8. The molecule has 132 valence electrons. The minimum absolute atomic E-state index is 0.00205. The summed E-state index contributed by atoms with van der Waals surface area (Å²) in [5.41, 5.74) is 0.860. The van der Waals surface area contributed by atoms with Crippen LogP contribution in [0.25, 0.3) is 0 Å². The summed E-state index contributed by atoms with van der Waals surface area (Å²) in [4.78, 5) is 13.4. The molecule has 1 heterocycles. The van der Waals surface area contributed by atoms with Gasteiger partial charge in [0.25, 0.3) is 10.1 Å². The Bertz CT molecular complexity index is 678. The monoisotopic (exact) mass is 355 g/mol. The van der Waals surface area contributed by atoms with E-state index in [1.54, 1.807) is 4.90 Å². The maximum absolute atomic E-state index is 11.7. The Morgan fingerprint density at radius 3 is 2.75 bits per heavy atom. The molecule has 1 aromatic rings. The molecule has 0 radical (unpaired) electrons. The number of guanidine groups is 1. The number of nitrogens with zero attached hydrogens (tertiary/aromatic N) is 1. The van der Waals surface area contributed by atoms with Gasteiger partial charge in [-0.25, -0.2) is 4.79 Å². The fourth-order valence-corrected chi connectivity index (χ4v) is 2.77. The van der Waals surface area contributed by atoms with Gasteiger partial charge in [-0.3, -0.25) is 14.9 Å². The first kappa shape index (κ1) is 18.2. The van der Waals surface area contributed by atoms with Gasteiger partial charge >= 0.3 is 6.09 Å². The van der Waals surface area contributed by atoms with E-state index in [9.17, 15) is 13.2 Å². The second-order valence-corrected chi connectivity index (χ2v) is 7.27. The van der Waals surface area contributed by atoms with Crippen molar-refractivity contribution < 1.29 is 22.1 Å². The normalized spacial score (nSPS) is 17.5. The summed E-state index contributed by atoms with van der Waals surface area (Å²) in [5, 5.41) is 10.3. The van der Waals surface area contributed by atoms with Crippen molar-refractivity contribution in [2.75, 3.05) is 26.0 Å². The van der Waals surface area contributed by atoms with Gasteiger partial charge in [0.2, 0.25) is 5.96 Å². The number of rotatable bonds is 5. The number of hydrogen-bond acceptors (Lipinski definition) is 6. The lowest BCUT2D eigenvalue weighted by molar-refractivity contribution is 0.144. The Balaban J connectivity index is 1.71. The number of likely N-dealkylation sites (tertiary alicyclic amines) is 1. The molecule has 1 fully saturated rings. The Hall–Kier alpha value is -2.13. The van der Waals surface area contributed by atoms with Crippen LogP contribution in [0.1, 0.15) is 12.0 Å². The van der Waals surface area contributed by atoms with E-state index >= 15 is 0 Å². The minimum atomic E-state index is -3.46. The third kappa shape index (κ3) is 6.17. The van der Waals surface area contributed by atoms with Crippen LogP contribution >= 0.6 is 0 Å². The van der Waals surface area contributed by atoms with Crippen molar-refractivity contribution in [2.45, 2.75) is 13.0 Å². The molecule has 0 aromatic heterocycles. The number of nitrogens with one attached hydrogen (secondary N) is 2. The fourth-order valence-electron chi connectivity index (χ4n) is 2.33. The molecule has 0 saturated carbocycles. The van der Waals surface area contributed by atoms with Crippen LogP contribution in [0.3, 0.4) is 0 Å². The molecule has 0 aliphatic carbocycles. The molecular formula is C15H21N3O5S. The van der Waals surface area contributed by atoms with E-state index in [-0.39, 0.29) is 25.1 Å². The zero-order valence-corrected chi connectivity index (χ0v) is 14.2. The molecule has 1 aromatic carbocycles. The van der Waals surface area contributed by atoms with Crippen molar-refractivity contribution in [1.82, 2.24) is 10.2 Å². The van der Waals surface area contributed by atoms with Gasteiger partial charge in [-0.1, -0.05) is 30.3 Å². The molecule has 1 aliphatic heterocycles. The van der Waals surface area contributed by atoms with E-state index in [0.717, 1.165) is 11.8 Å². The Morgan fingerprint density at radius 2 is 2.08 bits per heavy atom. The lowest BCUT2D eigenvalue weighted by Gasteiger charge is -2.19. The Kier molecular flexibility index (Phi) is 6.16. The van der Waals surface area contributed by atoms with Crippen molar-refractivity contribution in [3.63, 3.8) is 0 Å². The average molecular weight is 355 g/mol. The van der Waals surface area contributed by atoms with E-state index in [4.69, 9.17) is 14.3 Å². The second-order valence-electron chi connectivity index (χ2n) is 5.62. The van der Waals surface area contributed by atoms with Crippen LogP contribution in [0.15, 0.2) is 30.3 Å². The van der Waals surface area contributed by atoms with Crippen LogP contribution in [0.2, 0.25) is 0 Å². The highest BCUT2D eigenvalue weighted by Crippen LogP contribution is 2.17. The molecule has 9 heteroatoms. The molecule has 24 heavy (non-hydrogen) atoms. The van der Waals surface area contributed by atoms with E-state index in [0.29, 0.717) is 19.5 Å². The molecular weight excluding hydrogens is 334 g/mol. The molecule has 1 saturated heterocycles. The lowest BCUT2D eigenvalue weighted by atomic mass is 10.1. The quantitative estimate of drug-likeness (QED) is 0.466. The van der Waals surface area contributed by atoms with Crippen LogP contribution in [-0.4, -0.2) is 51.3 Å². The molecule has 1 aliphatic rings. The van der Waals surface area contributed by atoms with Crippen LogP contribution in [0, 0.1) is 11.3 Å². The largest absolute Gasteiger partial charge is 0.444 e. The number of ether oxygens (including phenoxy) is 1. The first-order valence-corrected chi connectivity index (χ1v) is 9.31. The maximum atomic E-state index is 11.7. The predicted molar refractivity (Wildman–Crippen MR) is 88.0 cm³/mol. The third-order valence-electron chi connectivity index (χ3n) is 3.55. The van der Waals surface area contributed by atoms with Gasteiger partial charge in [-0.05, 0) is 12.0 Å². The summed E-state index contributed by atoms with van der Waals surface area (Å²) in [7, 11) is -3.46. The van der Waals surface area contributed by atoms with Gasteiger partial charge < -0.3 is 9.64 Å². The SMILES string of the molecule is CS(=O)(=O)OCC1CCN(C(=N)NC(=O)OCc2ccccc2)C1. The average Bonchev–Trinajstić information content (AvgIpc) is 3.00. The molecule has 8 nitrogen and oxygen atoms in total. The molecule has 2 N–H and O–H groups in total. The van der Waals surface area contributed by atoms with Crippen molar-refractivity contribution in [2.24, 2.45) is 5.92 Å². The van der Waals surface area contributed by atoms with Crippen LogP contribution < -0.4 is 5.32 Å². The van der Waals surface area contributed by atoms with Crippen LogP contribution in [0.4, 0.5) is 4.79 Å². The number of carbonyl (C=O) groups excluding carboxylic acids is 1. The van der Waals surface area contributed by atoms with E-state index < -0.39 is 16.2 Å². The number of amides is 1. The van der Waals surface area contributed by atoms with Crippen LogP contribution in [0.5, 0.6) is 0 Å². The number of hydrogen-bond donors (Lipinski definition) is 2. The van der Waals surface area contributed by atoms with Gasteiger partial charge in [-0.15, -0.1) is 0 Å². The summed E-state index contributed by atoms with van der Waals surface area (Å²) >= 11 is 0. The first-order valence-electron chi connectivity index (χ1n) is 7.49. The van der Waals surface area contributed by atoms with Gasteiger partial charge in [-0.2, -0.15) is 8.42 Å². The number of alkyl carbamates (subject to hydrolysis) is 1. The molecule has 1 atom stereocenters. The smallest absolute Gasteiger partial charge is 0.414 e. The summed E-state index contributed by atoms with van der Waals surface area (Å²) in [6.45, 7) is 1.22. The highest BCUT2D eigenvalue weighted by Gasteiger charge is 2.26. The van der Waals surface area contributed by atoms with Crippen LogP contribution in [-0.2, 0) is 25.6 Å². The molecule has 0 bridgehead atoms. The maximum Gasteiger partial charge on any atom is 0.414 e. The lowest BCUT2D eigenvalue weighted by Crippen LogP contribution is -2.42. The number of benzene rings is 1. The summed E-state index contributed by atoms with van der Waals surface area (Å²) in [5.74, 6) is -0.0582. The standard InChI is InChI=1S/C15H21N3O5S/c1-24(20,21)23-11-13-7-8-18(9-13)14(16)17-15(19)22-10-12-5-3-2-4-6-12/h2-6,13H,7-11H2,1H3,(H2,16,17,19). The van der Waals surface area contributed by atoms with Gasteiger partial charge in [0.05, 0.1) is 12.9 Å². The summed E-state index contributed by atoms with van der Waals surface area (Å²) in [6, 6.07) is 9.25. The highest BCUT2D eigenvalue weighted by atomic mass is 32.2. The fraction of sp³-hybridized carbons (Fsp3) is 0.467. The van der Waals surface area contributed by atoms with Crippen molar-refractivity contribution in [3.05, 3.63) is 35.9 Å². The van der Waals surface area contributed by atoms with E-state index in [1.807, 2.05) is 30.3 Å². The Labute approximate surface area is 141 Å². The van der Waals surface area contributed by atoms with Gasteiger partial charge in [0.15, 0.2) is 0 Å². The number of carbonyl (C=O) groups is 1. The Morgan fingerprint density at radius 1 is 1.38 bits per heavy atom. The third-order valence-corrected chi connectivity index (χ3v) is 4.12. The van der Waals surface area contributed by atoms with Crippen molar-refractivity contribution >= 4 is 22.2 Å². The topological polar surface area (TPSA) is 109 Å².